The number of carbonyl (C=O) groups excluding carboxylic acids is 1. The van der Waals surface area contributed by atoms with Crippen molar-refractivity contribution in [2.75, 3.05) is 13.4 Å². The number of ether oxygens (including phenoxy) is 2. The highest BCUT2D eigenvalue weighted by molar-refractivity contribution is 7.90. The lowest BCUT2D eigenvalue weighted by molar-refractivity contribution is -0.125. The lowest BCUT2D eigenvalue weighted by Crippen LogP contribution is -2.29. The van der Waals surface area contributed by atoms with Crippen LogP contribution in [-0.2, 0) is 19.4 Å². The van der Waals surface area contributed by atoms with Crippen LogP contribution < -0.4 is 4.74 Å². The number of hydrogen-bond donors (Lipinski definition) is 0. The van der Waals surface area contributed by atoms with Gasteiger partial charge in [-0.3, -0.25) is 4.79 Å². The van der Waals surface area contributed by atoms with E-state index in [2.05, 4.69) is 4.98 Å². The van der Waals surface area contributed by atoms with Crippen LogP contribution in [0.15, 0.2) is 41.6 Å². The highest BCUT2D eigenvalue weighted by atomic mass is 32.2. The quantitative estimate of drug-likeness (QED) is 0.802. The van der Waals surface area contributed by atoms with Crippen LogP contribution in [-0.4, -0.2) is 38.2 Å². The van der Waals surface area contributed by atoms with Gasteiger partial charge in [0.1, 0.15) is 11.5 Å². The summed E-state index contributed by atoms with van der Waals surface area (Å²) in [5.41, 5.74) is 1.56. The normalized spacial score (nSPS) is 16.4. The van der Waals surface area contributed by atoms with Crippen molar-refractivity contribution in [3.63, 3.8) is 0 Å². The highest BCUT2D eigenvalue weighted by Crippen LogP contribution is 2.42. The van der Waals surface area contributed by atoms with Crippen LogP contribution in [0.3, 0.4) is 0 Å². The molecule has 0 N–H and O–H groups in total. The smallest absolute Gasteiger partial charge is 0.210 e. The highest BCUT2D eigenvalue weighted by Gasteiger charge is 2.43. The summed E-state index contributed by atoms with van der Waals surface area (Å²) in [6.07, 6.45) is 2.50. The van der Waals surface area contributed by atoms with Gasteiger partial charge in [0.25, 0.3) is 0 Å². The lowest BCUT2D eigenvalue weighted by Gasteiger charge is -2.17. The van der Waals surface area contributed by atoms with E-state index in [9.17, 15) is 13.2 Å². The van der Waals surface area contributed by atoms with Gasteiger partial charge in [0.15, 0.2) is 20.5 Å². The monoisotopic (exact) mass is 387 g/mol. The third-order valence-corrected chi connectivity index (χ3v) is 5.31. The zero-order chi connectivity index (χ0) is 20.0. The van der Waals surface area contributed by atoms with E-state index >= 15 is 0 Å². The summed E-state index contributed by atoms with van der Waals surface area (Å²) in [6, 6.07) is 8.55. The summed E-state index contributed by atoms with van der Waals surface area (Å²) < 4.78 is 34.6. The zero-order valence-corrected chi connectivity index (χ0v) is 16.7. The third kappa shape index (κ3) is 3.60. The number of aromatic nitrogens is 1. The van der Waals surface area contributed by atoms with Crippen LogP contribution in [0.5, 0.6) is 5.75 Å². The molecule has 0 spiro atoms. The Morgan fingerprint density at radius 3 is 2.37 bits per heavy atom. The molecule has 0 bridgehead atoms. The number of methoxy groups -OCH3 is 1. The third-order valence-electron chi connectivity index (χ3n) is 4.31. The Morgan fingerprint density at radius 1 is 1.11 bits per heavy atom. The molecule has 0 saturated carbocycles. The van der Waals surface area contributed by atoms with Gasteiger partial charge < -0.3 is 9.47 Å². The fourth-order valence-corrected chi connectivity index (χ4v) is 3.53. The minimum atomic E-state index is -3.41. The fourth-order valence-electron chi connectivity index (χ4n) is 2.97. The summed E-state index contributed by atoms with van der Waals surface area (Å²) in [7, 11) is -1.84. The van der Waals surface area contributed by atoms with E-state index in [1.54, 1.807) is 33.1 Å². The minimum absolute atomic E-state index is 0.0331. The number of pyridine rings is 1. The molecule has 1 aromatic heterocycles. The van der Waals surface area contributed by atoms with Gasteiger partial charge in [-0.25, -0.2) is 13.4 Å². The van der Waals surface area contributed by atoms with Crippen LogP contribution in [0.2, 0.25) is 0 Å². The Morgan fingerprint density at radius 2 is 1.81 bits per heavy atom. The predicted octanol–water partition coefficient (Wildman–Crippen LogP) is 3.05. The molecule has 0 fully saturated rings. The molecule has 0 atom stereocenters. The molecular weight excluding hydrogens is 366 g/mol. The van der Waals surface area contributed by atoms with E-state index in [4.69, 9.17) is 9.47 Å². The van der Waals surface area contributed by atoms with Gasteiger partial charge in [-0.1, -0.05) is 6.07 Å². The minimum Gasteiger partial charge on any atom is -0.497 e. The average molecular weight is 387 g/mol. The van der Waals surface area contributed by atoms with Gasteiger partial charge in [0, 0.05) is 18.0 Å². The number of carbonyl (C=O) groups is 1. The molecular formula is C20H21NO5S. The molecule has 0 amide bonds. The molecule has 2 heterocycles. The summed E-state index contributed by atoms with van der Waals surface area (Å²) in [5, 5.41) is -0.0331. The van der Waals surface area contributed by atoms with Gasteiger partial charge in [-0.05, 0) is 56.2 Å². The molecule has 0 radical (unpaired) electrons. The molecule has 1 aromatic carbocycles. The summed E-state index contributed by atoms with van der Waals surface area (Å²) in [6.45, 7) is 5.32. The topological polar surface area (TPSA) is 82.6 Å². The van der Waals surface area contributed by atoms with E-state index < -0.39 is 15.4 Å². The Hall–Kier alpha value is -2.67. The predicted molar refractivity (Wildman–Crippen MR) is 102 cm³/mol. The van der Waals surface area contributed by atoms with Crippen molar-refractivity contribution in [3.05, 3.63) is 53.2 Å². The van der Waals surface area contributed by atoms with Crippen molar-refractivity contribution in [3.8, 4) is 5.75 Å². The second-order valence-corrected chi connectivity index (χ2v) is 9.00. The van der Waals surface area contributed by atoms with E-state index in [0.717, 1.165) is 11.8 Å². The first-order valence-corrected chi connectivity index (χ1v) is 10.2. The Bertz CT molecular complexity index is 1050. The van der Waals surface area contributed by atoms with E-state index in [0.29, 0.717) is 28.2 Å². The molecule has 3 rings (SSSR count). The summed E-state index contributed by atoms with van der Waals surface area (Å²) in [4.78, 5) is 17.0. The van der Waals surface area contributed by atoms with Gasteiger partial charge in [-0.2, -0.15) is 0 Å². The van der Waals surface area contributed by atoms with Gasteiger partial charge in [0.05, 0.1) is 12.7 Å². The second-order valence-electron chi connectivity index (χ2n) is 7.04. The molecule has 0 unspecified atom stereocenters. The molecule has 6 nitrogen and oxygen atoms in total. The maximum Gasteiger partial charge on any atom is 0.210 e. The average Bonchev–Trinajstić information content (AvgIpc) is 2.83. The van der Waals surface area contributed by atoms with Gasteiger partial charge >= 0.3 is 0 Å². The molecule has 27 heavy (non-hydrogen) atoms. The number of nitrogens with zero attached hydrogens (tertiary/aromatic N) is 1. The van der Waals surface area contributed by atoms with Gasteiger partial charge in [-0.15, -0.1) is 0 Å². The van der Waals surface area contributed by atoms with Crippen molar-refractivity contribution in [1.82, 2.24) is 4.98 Å². The summed E-state index contributed by atoms with van der Waals surface area (Å²) >= 11 is 0. The maximum absolute atomic E-state index is 13.0. The maximum atomic E-state index is 13.0. The SMILES string of the molecule is COc1cc(C)cc(C2=C(c3ccc(S(C)(=O)=O)nc3)OC(C)(C)C2=O)c1. The number of Topliss-reactive ketones (excluding diaryl/α,β-unsaturated/α-hetero) is 1. The molecule has 7 heteroatoms. The first-order chi connectivity index (χ1) is 12.5. The molecule has 0 aliphatic carbocycles. The number of sulfone groups is 1. The molecule has 1 aliphatic heterocycles. The van der Waals surface area contributed by atoms with E-state index in [-0.39, 0.29) is 10.8 Å². The zero-order valence-electron chi connectivity index (χ0n) is 15.9. The standard InChI is InChI=1S/C20H21NO5S/c1-12-8-14(10-15(9-12)25-4)17-18(26-20(2,3)19(17)22)13-6-7-16(21-11-13)27(5,23)24/h6-11H,1-5H3. The van der Waals surface area contributed by atoms with Crippen molar-refractivity contribution >= 4 is 27.0 Å². The van der Waals surface area contributed by atoms with Crippen LogP contribution in [0.25, 0.3) is 11.3 Å². The Labute approximate surface area is 158 Å². The molecule has 2 aromatic rings. The van der Waals surface area contributed by atoms with Crippen molar-refractivity contribution < 1.29 is 22.7 Å². The number of hydrogen-bond acceptors (Lipinski definition) is 6. The van der Waals surface area contributed by atoms with Gasteiger partial charge in [0.2, 0.25) is 5.78 Å². The lowest BCUT2D eigenvalue weighted by atomic mass is 9.92. The molecule has 142 valence electrons. The van der Waals surface area contributed by atoms with E-state index in [1.807, 2.05) is 19.1 Å². The van der Waals surface area contributed by atoms with Crippen LogP contribution in [0, 0.1) is 6.92 Å². The number of rotatable bonds is 4. The first-order valence-electron chi connectivity index (χ1n) is 8.33. The second kappa shape index (κ2) is 6.49. The van der Waals surface area contributed by atoms with Crippen LogP contribution >= 0.6 is 0 Å². The Kier molecular flexibility index (Phi) is 4.59. The van der Waals surface area contributed by atoms with Crippen LogP contribution in [0.1, 0.15) is 30.5 Å². The van der Waals surface area contributed by atoms with Crippen molar-refractivity contribution in [1.29, 1.82) is 0 Å². The summed E-state index contributed by atoms with van der Waals surface area (Å²) in [5.74, 6) is 0.863. The Balaban J connectivity index is 2.20. The first kappa shape index (κ1) is 19.1. The largest absolute Gasteiger partial charge is 0.497 e. The number of aryl methyl sites for hydroxylation is 1. The van der Waals surface area contributed by atoms with E-state index in [1.165, 1.54) is 12.3 Å². The van der Waals surface area contributed by atoms with Crippen LogP contribution in [0.4, 0.5) is 0 Å². The number of benzene rings is 1. The van der Waals surface area contributed by atoms with Crippen molar-refractivity contribution in [2.24, 2.45) is 0 Å². The molecule has 0 saturated heterocycles. The van der Waals surface area contributed by atoms with Crippen molar-refractivity contribution in [2.45, 2.75) is 31.4 Å². The fraction of sp³-hybridized carbons (Fsp3) is 0.300. The number of ketones is 1. The molecule has 1 aliphatic rings.